The summed E-state index contributed by atoms with van der Waals surface area (Å²) in [7, 11) is -1.36. The van der Waals surface area contributed by atoms with Crippen LogP contribution in [0.15, 0.2) is 128 Å². The third-order valence-electron chi connectivity index (χ3n) is 9.59. The summed E-state index contributed by atoms with van der Waals surface area (Å²) >= 11 is 1.84. The molecule has 0 aliphatic rings. The Morgan fingerprint density at radius 3 is 2.17 bits per heavy atom. The van der Waals surface area contributed by atoms with Crippen molar-refractivity contribution in [3.8, 4) is 44.8 Å². The molecule has 0 aliphatic carbocycles. The van der Waals surface area contributed by atoms with Gasteiger partial charge in [0, 0.05) is 43.0 Å². The van der Waals surface area contributed by atoms with E-state index in [1.807, 2.05) is 72.3 Å². The molecule has 3 heterocycles. The molecule has 8 aromatic rings. The Morgan fingerprint density at radius 2 is 1.48 bits per heavy atom. The van der Waals surface area contributed by atoms with Crippen LogP contribution in [0.3, 0.4) is 0 Å². The molecule has 0 fully saturated rings. The van der Waals surface area contributed by atoms with Crippen LogP contribution in [0.4, 0.5) is 4.39 Å². The van der Waals surface area contributed by atoms with Crippen molar-refractivity contribution in [3.05, 3.63) is 162 Å². The summed E-state index contributed by atoms with van der Waals surface area (Å²) in [6.07, 6.45) is 3.87. The van der Waals surface area contributed by atoms with Gasteiger partial charge in [0.15, 0.2) is 0 Å². The molecule has 2 nitrogen and oxygen atoms in total. The zero-order valence-electron chi connectivity index (χ0n) is 31.7. The summed E-state index contributed by atoms with van der Waals surface area (Å²) in [5, 5.41) is 3.93. The second-order valence-electron chi connectivity index (χ2n) is 15.0. The van der Waals surface area contributed by atoms with Gasteiger partial charge < -0.3 is 9.97 Å². The molecular formula is C48H43FIrN2SSi-2. The van der Waals surface area contributed by atoms with E-state index >= 15 is 0 Å². The van der Waals surface area contributed by atoms with Crippen molar-refractivity contribution in [1.29, 1.82) is 0 Å². The Balaban J connectivity index is 0.000000187. The van der Waals surface area contributed by atoms with Crippen LogP contribution in [-0.2, 0) is 20.1 Å². The number of nitrogens with zero attached hydrogens (tertiary/aromatic N) is 2. The number of hydrogen-bond acceptors (Lipinski definition) is 3. The van der Waals surface area contributed by atoms with Crippen LogP contribution in [0.2, 0.25) is 19.6 Å². The van der Waals surface area contributed by atoms with Gasteiger partial charge in [-0.05, 0) is 75.2 Å². The smallest absolute Gasteiger partial charge is 0.0795 e. The molecule has 1 radical (unpaired) electrons. The quantitative estimate of drug-likeness (QED) is 0.123. The molecule has 0 atom stereocenters. The van der Waals surface area contributed by atoms with E-state index in [1.54, 1.807) is 0 Å². The molecule has 0 saturated carbocycles. The molecule has 0 N–H and O–H groups in total. The van der Waals surface area contributed by atoms with Crippen LogP contribution < -0.4 is 5.19 Å². The molecule has 0 unspecified atom stereocenters. The minimum Gasteiger partial charge on any atom is -0.305 e. The first kappa shape index (κ1) is 39.1. The van der Waals surface area contributed by atoms with E-state index in [1.165, 1.54) is 59.2 Å². The van der Waals surface area contributed by atoms with Crippen molar-refractivity contribution in [1.82, 2.24) is 9.97 Å². The molecule has 0 saturated heterocycles. The van der Waals surface area contributed by atoms with E-state index in [2.05, 4.69) is 125 Å². The summed E-state index contributed by atoms with van der Waals surface area (Å²) in [5.74, 6) is 0.211. The van der Waals surface area contributed by atoms with Crippen molar-refractivity contribution in [3.63, 3.8) is 0 Å². The average molecular weight is 919 g/mol. The Morgan fingerprint density at radius 1 is 0.722 bits per heavy atom. The van der Waals surface area contributed by atoms with Crippen LogP contribution in [0, 0.1) is 31.8 Å². The van der Waals surface area contributed by atoms with Crippen molar-refractivity contribution < 1.29 is 24.5 Å². The predicted octanol–water partition coefficient (Wildman–Crippen LogP) is 13.2. The number of benzene rings is 5. The number of pyridine rings is 2. The SMILES string of the molecule is C[Si](C)(C)c1ccc(-c2[c-]cc(F)c(-c3ccccc3)c2)nc1.Cc1cc(C)cc(-c2cccc3sc4c(-c5cc(C(C)C)ccn5)[c-]ccc4c23)c1.[Ir]. The van der Waals surface area contributed by atoms with Gasteiger partial charge in [-0.15, -0.1) is 47.5 Å². The van der Waals surface area contributed by atoms with Crippen LogP contribution in [0.1, 0.15) is 36.5 Å². The first-order valence-electron chi connectivity index (χ1n) is 18.1. The molecular weight excluding hydrogens is 876 g/mol. The first-order chi connectivity index (χ1) is 25.5. The Hall–Kier alpha value is -4.58. The van der Waals surface area contributed by atoms with Gasteiger partial charge in [-0.25, -0.2) is 0 Å². The Labute approximate surface area is 337 Å². The van der Waals surface area contributed by atoms with Gasteiger partial charge in [0.25, 0.3) is 0 Å². The standard InChI is InChI=1S/C28H24NS.C20H19FNSi.Ir/c1-17(2)20-11-12-29-25(16-20)23-8-5-9-24-27-22(7-6-10-26(27)30-28(23)24)21-14-18(3)13-19(4)15-21;1-23(2,3)17-10-12-20(22-14-17)16-9-11-19(21)18(13-16)15-7-5-4-6-8-15;/h5-7,9-17H,1-4H3;4-8,10-14H,1-3H3;/q2*-1;. The number of hydrogen-bond donors (Lipinski definition) is 0. The van der Waals surface area contributed by atoms with Crippen molar-refractivity contribution >= 4 is 44.8 Å². The fraction of sp³-hybridized carbons (Fsp3) is 0.167. The van der Waals surface area contributed by atoms with Crippen LogP contribution in [0.5, 0.6) is 0 Å². The van der Waals surface area contributed by atoms with Crippen LogP contribution in [-0.4, -0.2) is 18.0 Å². The van der Waals surface area contributed by atoms with E-state index < -0.39 is 8.07 Å². The summed E-state index contributed by atoms with van der Waals surface area (Å²) in [6, 6.07) is 45.4. The van der Waals surface area contributed by atoms with Gasteiger partial charge in [0.05, 0.1) is 8.07 Å². The second kappa shape index (κ2) is 16.4. The number of fused-ring (bicyclic) bond motifs is 3. The maximum atomic E-state index is 14.1. The molecule has 0 bridgehead atoms. The maximum absolute atomic E-state index is 14.1. The summed E-state index contributed by atoms with van der Waals surface area (Å²) < 4.78 is 16.7. The van der Waals surface area contributed by atoms with Crippen LogP contribution >= 0.6 is 11.3 Å². The first-order valence-corrected chi connectivity index (χ1v) is 22.4. The second-order valence-corrected chi connectivity index (χ2v) is 21.2. The van der Waals surface area contributed by atoms with Crippen molar-refractivity contribution in [2.45, 2.75) is 53.3 Å². The van der Waals surface area contributed by atoms with Crippen molar-refractivity contribution in [2.75, 3.05) is 0 Å². The predicted molar refractivity (Wildman–Crippen MR) is 227 cm³/mol. The van der Waals surface area contributed by atoms with E-state index in [0.29, 0.717) is 11.5 Å². The monoisotopic (exact) mass is 919 g/mol. The molecule has 0 spiro atoms. The van der Waals surface area contributed by atoms with Gasteiger partial charge in [-0.1, -0.05) is 140 Å². The fourth-order valence-corrected chi connectivity index (χ4v) is 9.02. The zero-order valence-corrected chi connectivity index (χ0v) is 35.9. The molecule has 8 rings (SSSR count). The molecule has 54 heavy (non-hydrogen) atoms. The summed E-state index contributed by atoms with van der Waals surface area (Å²) in [5.41, 5.74) is 11.7. The molecule has 3 aromatic heterocycles. The minimum atomic E-state index is -1.36. The Kier molecular flexibility index (Phi) is 11.9. The number of aryl methyl sites for hydroxylation is 2. The largest absolute Gasteiger partial charge is 0.305 e. The zero-order chi connectivity index (χ0) is 37.3. The van der Waals surface area contributed by atoms with Gasteiger partial charge >= 0.3 is 0 Å². The minimum absolute atomic E-state index is 0. The van der Waals surface area contributed by atoms with E-state index in [4.69, 9.17) is 4.98 Å². The van der Waals surface area contributed by atoms with Crippen molar-refractivity contribution in [2.24, 2.45) is 0 Å². The topological polar surface area (TPSA) is 25.8 Å². The number of aromatic nitrogens is 2. The van der Waals surface area contributed by atoms with Gasteiger partial charge in [-0.3, -0.25) is 4.39 Å². The molecule has 273 valence electrons. The summed E-state index contributed by atoms with van der Waals surface area (Å²) in [4.78, 5) is 9.25. The van der Waals surface area contributed by atoms with E-state index in [-0.39, 0.29) is 25.9 Å². The molecule has 0 aliphatic heterocycles. The fourth-order valence-electron chi connectivity index (χ4n) is 6.75. The van der Waals surface area contributed by atoms with Gasteiger partial charge in [0.2, 0.25) is 0 Å². The van der Waals surface area contributed by atoms with Gasteiger partial charge in [-0.2, -0.15) is 11.3 Å². The normalized spacial score (nSPS) is 11.4. The molecule has 6 heteroatoms. The van der Waals surface area contributed by atoms with E-state index in [9.17, 15) is 4.39 Å². The van der Waals surface area contributed by atoms with E-state index in [0.717, 1.165) is 28.1 Å². The average Bonchev–Trinajstić information content (AvgIpc) is 3.54. The third kappa shape index (κ3) is 8.38. The Bertz CT molecular complexity index is 2530. The van der Waals surface area contributed by atoms with Crippen LogP contribution in [0.25, 0.3) is 64.9 Å². The number of rotatable bonds is 6. The maximum Gasteiger partial charge on any atom is 0.0795 e. The summed E-state index contributed by atoms with van der Waals surface area (Å²) in [6.45, 7) is 15.7. The van der Waals surface area contributed by atoms with Gasteiger partial charge in [0.1, 0.15) is 0 Å². The number of halogens is 1. The number of thiophene rings is 1. The molecule has 0 amide bonds. The molecule has 5 aromatic carbocycles. The third-order valence-corrected chi connectivity index (χ3v) is 12.8.